The topological polar surface area (TPSA) is 58.6 Å². The highest BCUT2D eigenvalue weighted by molar-refractivity contribution is 5.93. The first-order valence-corrected chi connectivity index (χ1v) is 8.20. The average Bonchev–Trinajstić information content (AvgIpc) is 2.55. The molecule has 0 bridgehead atoms. The maximum atomic E-state index is 12.3. The van der Waals surface area contributed by atoms with Gasteiger partial charge in [-0.15, -0.1) is 0 Å². The van der Waals surface area contributed by atoms with Crippen molar-refractivity contribution in [1.29, 1.82) is 0 Å². The minimum Gasteiger partial charge on any atom is -0.469 e. The number of hydrogen-bond donors (Lipinski definition) is 1. The van der Waals surface area contributed by atoms with E-state index in [0.29, 0.717) is 12.5 Å². The molecule has 0 aromatic heterocycles. The highest BCUT2D eigenvalue weighted by Gasteiger charge is 2.26. The van der Waals surface area contributed by atoms with Crippen LogP contribution < -0.4 is 5.32 Å². The molecule has 0 aliphatic carbocycles. The smallest absolute Gasteiger partial charge is 0.308 e. The van der Waals surface area contributed by atoms with E-state index >= 15 is 0 Å². The largest absolute Gasteiger partial charge is 0.469 e. The van der Waals surface area contributed by atoms with Gasteiger partial charge in [0.2, 0.25) is 5.91 Å². The number of amides is 1. The summed E-state index contributed by atoms with van der Waals surface area (Å²) in [6.45, 7) is 6.09. The normalized spacial score (nSPS) is 16.3. The number of benzene rings is 1. The molecule has 23 heavy (non-hydrogen) atoms. The summed E-state index contributed by atoms with van der Waals surface area (Å²) in [4.78, 5) is 25.9. The Bertz CT molecular complexity index is 549. The number of carbonyl (C=O) groups is 2. The number of nitrogens with zero attached hydrogens (tertiary/aromatic N) is 1. The van der Waals surface area contributed by atoms with Gasteiger partial charge in [0.15, 0.2) is 0 Å². The van der Waals surface area contributed by atoms with Crippen molar-refractivity contribution in [2.75, 3.05) is 32.1 Å². The van der Waals surface area contributed by atoms with Crippen LogP contribution in [0.3, 0.4) is 0 Å². The monoisotopic (exact) mass is 318 g/mol. The van der Waals surface area contributed by atoms with Crippen LogP contribution in [0.25, 0.3) is 0 Å². The van der Waals surface area contributed by atoms with Crippen LogP contribution in [0.1, 0.15) is 38.2 Å². The number of likely N-dealkylation sites (tertiary alicyclic amines) is 1. The second kappa shape index (κ2) is 8.11. The molecule has 1 aromatic carbocycles. The van der Waals surface area contributed by atoms with Gasteiger partial charge in [0.25, 0.3) is 0 Å². The summed E-state index contributed by atoms with van der Waals surface area (Å²) in [5, 5.41) is 3.01. The first kappa shape index (κ1) is 17.5. The summed E-state index contributed by atoms with van der Waals surface area (Å²) >= 11 is 0. The van der Waals surface area contributed by atoms with Gasteiger partial charge in [0.05, 0.1) is 19.6 Å². The Morgan fingerprint density at radius 3 is 2.52 bits per heavy atom. The molecule has 0 radical (unpaired) electrons. The van der Waals surface area contributed by atoms with Crippen LogP contribution in [0.4, 0.5) is 5.69 Å². The molecule has 1 heterocycles. The number of hydrogen-bond acceptors (Lipinski definition) is 4. The third-order valence-electron chi connectivity index (χ3n) is 4.35. The van der Waals surface area contributed by atoms with Crippen molar-refractivity contribution in [3.63, 3.8) is 0 Å². The molecule has 0 atom stereocenters. The van der Waals surface area contributed by atoms with Crippen LogP contribution in [0, 0.1) is 5.92 Å². The number of piperidine rings is 1. The van der Waals surface area contributed by atoms with Crippen LogP contribution in [-0.2, 0) is 14.3 Å². The summed E-state index contributed by atoms with van der Waals surface area (Å²) in [6, 6.07) is 7.91. The summed E-state index contributed by atoms with van der Waals surface area (Å²) in [5.74, 6) is 0.192. The van der Waals surface area contributed by atoms with E-state index in [9.17, 15) is 9.59 Å². The Morgan fingerprint density at radius 2 is 1.91 bits per heavy atom. The van der Waals surface area contributed by atoms with E-state index in [1.54, 1.807) is 0 Å². The van der Waals surface area contributed by atoms with Gasteiger partial charge in [-0.3, -0.25) is 14.5 Å². The molecule has 5 nitrogen and oxygen atoms in total. The number of rotatable bonds is 5. The van der Waals surface area contributed by atoms with Gasteiger partial charge in [0, 0.05) is 5.69 Å². The van der Waals surface area contributed by atoms with E-state index in [4.69, 9.17) is 4.74 Å². The van der Waals surface area contributed by atoms with Crippen LogP contribution in [-0.4, -0.2) is 43.5 Å². The lowest BCUT2D eigenvalue weighted by molar-refractivity contribution is -0.147. The molecule has 1 amide bonds. The first-order chi connectivity index (χ1) is 11.0. The van der Waals surface area contributed by atoms with Crippen molar-refractivity contribution < 1.29 is 14.3 Å². The zero-order valence-electron chi connectivity index (χ0n) is 14.2. The molecule has 1 fully saturated rings. The third-order valence-corrected chi connectivity index (χ3v) is 4.35. The van der Waals surface area contributed by atoms with Gasteiger partial charge in [-0.1, -0.05) is 32.0 Å². The highest BCUT2D eigenvalue weighted by Crippen LogP contribution is 2.24. The maximum Gasteiger partial charge on any atom is 0.308 e. The van der Waals surface area contributed by atoms with Gasteiger partial charge in [-0.2, -0.15) is 0 Å². The predicted molar refractivity (Wildman–Crippen MR) is 90.3 cm³/mol. The Labute approximate surface area is 138 Å². The van der Waals surface area contributed by atoms with E-state index in [1.165, 1.54) is 7.11 Å². The fourth-order valence-electron chi connectivity index (χ4n) is 3.00. The zero-order valence-corrected chi connectivity index (χ0v) is 14.2. The van der Waals surface area contributed by atoms with Crippen molar-refractivity contribution >= 4 is 17.6 Å². The molecular weight excluding hydrogens is 292 g/mol. The molecule has 1 saturated heterocycles. The fourth-order valence-corrected chi connectivity index (χ4v) is 3.00. The second-order valence-electron chi connectivity index (χ2n) is 6.36. The van der Waals surface area contributed by atoms with Crippen molar-refractivity contribution in [2.45, 2.75) is 32.6 Å². The first-order valence-electron chi connectivity index (χ1n) is 8.20. The molecule has 1 aromatic rings. The van der Waals surface area contributed by atoms with E-state index in [1.807, 2.05) is 24.3 Å². The van der Waals surface area contributed by atoms with Gasteiger partial charge < -0.3 is 10.1 Å². The maximum absolute atomic E-state index is 12.3. The van der Waals surface area contributed by atoms with E-state index < -0.39 is 0 Å². The Morgan fingerprint density at radius 1 is 1.26 bits per heavy atom. The van der Waals surface area contributed by atoms with Crippen molar-refractivity contribution in [3.05, 3.63) is 29.8 Å². The van der Waals surface area contributed by atoms with Crippen LogP contribution in [0.5, 0.6) is 0 Å². The van der Waals surface area contributed by atoms with E-state index in [0.717, 1.165) is 37.2 Å². The number of nitrogens with one attached hydrogen (secondary N) is 1. The standard InChI is InChI=1S/C18H26N2O3/c1-13(2)15-6-4-5-7-16(15)19-17(21)12-20-10-8-14(9-11-20)18(22)23-3/h4-7,13-14H,8-12H2,1-3H3,(H,19,21). The number of methoxy groups -OCH3 is 1. The summed E-state index contributed by atoms with van der Waals surface area (Å²) < 4.78 is 4.78. The molecule has 126 valence electrons. The lowest BCUT2D eigenvalue weighted by Crippen LogP contribution is -2.41. The van der Waals surface area contributed by atoms with Gasteiger partial charge in [-0.05, 0) is 43.5 Å². The van der Waals surface area contributed by atoms with Gasteiger partial charge >= 0.3 is 5.97 Å². The second-order valence-corrected chi connectivity index (χ2v) is 6.36. The molecule has 0 saturated carbocycles. The van der Waals surface area contributed by atoms with Crippen LogP contribution in [0.15, 0.2) is 24.3 Å². The van der Waals surface area contributed by atoms with Crippen molar-refractivity contribution in [2.24, 2.45) is 5.92 Å². The van der Waals surface area contributed by atoms with E-state index in [-0.39, 0.29) is 17.8 Å². The van der Waals surface area contributed by atoms with Gasteiger partial charge in [-0.25, -0.2) is 0 Å². The van der Waals surface area contributed by atoms with Gasteiger partial charge in [0.1, 0.15) is 0 Å². The predicted octanol–water partition coefficient (Wildman–Crippen LogP) is 2.63. The molecular formula is C18H26N2O3. The Hall–Kier alpha value is -1.88. The lowest BCUT2D eigenvalue weighted by atomic mass is 9.97. The van der Waals surface area contributed by atoms with Crippen LogP contribution in [0.2, 0.25) is 0 Å². The summed E-state index contributed by atoms with van der Waals surface area (Å²) in [6.07, 6.45) is 1.51. The zero-order chi connectivity index (χ0) is 16.8. The molecule has 0 spiro atoms. The number of carbonyl (C=O) groups excluding carboxylic acids is 2. The lowest BCUT2D eigenvalue weighted by Gasteiger charge is -2.30. The SMILES string of the molecule is COC(=O)C1CCN(CC(=O)Nc2ccccc2C(C)C)CC1. The van der Waals surface area contributed by atoms with Crippen molar-refractivity contribution in [1.82, 2.24) is 4.90 Å². The number of esters is 1. The molecule has 0 unspecified atom stereocenters. The number of ether oxygens (including phenoxy) is 1. The quantitative estimate of drug-likeness (QED) is 0.848. The minimum absolute atomic E-state index is 0.00498. The molecule has 5 heteroatoms. The molecule has 2 rings (SSSR count). The molecule has 1 aliphatic rings. The minimum atomic E-state index is -0.139. The fraction of sp³-hybridized carbons (Fsp3) is 0.556. The Kier molecular flexibility index (Phi) is 6.16. The van der Waals surface area contributed by atoms with Crippen molar-refractivity contribution in [3.8, 4) is 0 Å². The molecule has 1 N–H and O–H groups in total. The van der Waals surface area contributed by atoms with E-state index in [2.05, 4.69) is 24.1 Å². The number of anilines is 1. The third kappa shape index (κ3) is 4.79. The average molecular weight is 318 g/mol. The summed E-state index contributed by atoms with van der Waals surface area (Å²) in [7, 11) is 1.42. The summed E-state index contributed by atoms with van der Waals surface area (Å²) in [5.41, 5.74) is 2.03. The molecule has 1 aliphatic heterocycles. The Balaban J connectivity index is 1.86. The highest BCUT2D eigenvalue weighted by atomic mass is 16.5. The van der Waals surface area contributed by atoms with Crippen LogP contribution >= 0.6 is 0 Å². The number of para-hydroxylation sites is 1.